The molecular formula is C12H19NO3. The summed E-state index contributed by atoms with van der Waals surface area (Å²) in [5.74, 6) is 1.92. The Balaban J connectivity index is 1.59. The third-order valence-corrected chi connectivity index (χ3v) is 4.23. The quantitative estimate of drug-likeness (QED) is 0.703. The van der Waals surface area contributed by atoms with Gasteiger partial charge in [0, 0.05) is 12.0 Å². The summed E-state index contributed by atoms with van der Waals surface area (Å²) in [6, 6.07) is 0.153. The number of rotatable bonds is 1. The number of aliphatic hydroxyl groups is 1. The van der Waals surface area contributed by atoms with E-state index in [-0.39, 0.29) is 24.2 Å². The van der Waals surface area contributed by atoms with Gasteiger partial charge in [0.1, 0.15) is 5.60 Å². The van der Waals surface area contributed by atoms with Crippen LogP contribution in [-0.2, 0) is 4.74 Å². The predicted octanol–water partition coefficient (Wildman–Crippen LogP) is 1.14. The first kappa shape index (κ1) is 10.4. The fourth-order valence-corrected chi connectivity index (χ4v) is 3.76. The Morgan fingerprint density at radius 2 is 2.00 bits per heavy atom. The normalized spacial score (nSPS) is 48.0. The van der Waals surface area contributed by atoms with Crippen LogP contribution >= 0.6 is 0 Å². The minimum Gasteiger partial charge on any atom is -0.444 e. The van der Waals surface area contributed by atoms with Crippen LogP contribution in [0.3, 0.4) is 0 Å². The third kappa shape index (κ3) is 1.35. The summed E-state index contributed by atoms with van der Waals surface area (Å²) in [5, 5.41) is 12.8. The highest BCUT2D eigenvalue weighted by molar-refractivity contribution is 5.68. The van der Waals surface area contributed by atoms with Crippen LogP contribution in [0.25, 0.3) is 0 Å². The highest BCUT2D eigenvalue weighted by atomic mass is 16.6. The smallest absolute Gasteiger partial charge is 0.407 e. The summed E-state index contributed by atoms with van der Waals surface area (Å²) in [5.41, 5.74) is -0.451. The van der Waals surface area contributed by atoms with E-state index >= 15 is 0 Å². The molecule has 4 bridgehead atoms. The molecule has 2 N–H and O–H groups in total. The van der Waals surface area contributed by atoms with Gasteiger partial charge in [0.05, 0.1) is 6.10 Å². The molecule has 16 heavy (non-hydrogen) atoms. The molecule has 0 aromatic carbocycles. The number of hydrogen-bond donors (Lipinski definition) is 2. The lowest BCUT2D eigenvalue weighted by Gasteiger charge is -2.23. The van der Waals surface area contributed by atoms with Gasteiger partial charge in [-0.1, -0.05) is 0 Å². The summed E-state index contributed by atoms with van der Waals surface area (Å²) in [4.78, 5) is 11.6. The molecule has 4 fully saturated rings. The van der Waals surface area contributed by atoms with Crippen molar-refractivity contribution in [3.05, 3.63) is 0 Å². The van der Waals surface area contributed by atoms with E-state index in [0.29, 0.717) is 17.8 Å². The van der Waals surface area contributed by atoms with E-state index < -0.39 is 5.60 Å². The van der Waals surface area contributed by atoms with Crippen LogP contribution in [0, 0.1) is 23.7 Å². The van der Waals surface area contributed by atoms with E-state index in [9.17, 15) is 9.90 Å². The zero-order valence-corrected chi connectivity index (χ0v) is 9.93. The Labute approximate surface area is 95.4 Å². The third-order valence-electron chi connectivity index (χ3n) is 4.23. The van der Waals surface area contributed by atoms with E-state index in [1.54, 1.807) is 0 Å². The molecule has 0 spiro atoms. The van der Waals surface area contributed by atoms with Crippen LogP contribution in [0.1, 0.15) is 27.2 Å². The lowest BCUT2D eigenvalue weighted by atomic mass is 10.1. The molecule has 4 heteroatoms. The Hall–Kier alpha value is -0.770. The SMILES string of the molecule is CC(C)(C)OC(=O)N[C@@H]1[C@@H]2C[C@H]3[C@H]1[C@H]3[C@@H]2O. The van der Waals surface area contributed by atoms with Crippen LogP contribution in [0.15, 0.2) is 0 Å². The number of alkyl carbamates (subject to hydrolysis) is 1. The molecule has 0 aromatic heterocycles. The van der Waals surface area contributed by atoms with E-state index in [4.69, 9.17) is 4.74 Å². The van der Waals surface area contributed by atoms with Crippen molar-refractivity contribution in [1.29, 1.82) is 0 Å². The van der Waals surface area contributed by atoms with Gasteiger partial charge >= 0.3 is 6.09 Å². The van der Waals surface area contributed by atoms with Gasteiger partial charge in [-0.2, -0.15) is 0 Å². The number of carbonyl (C=O) groups excluding carboxylic acids is 1. The van der Waals surface area contributed by atoms with E-state index in [1.165, 1.54) is 0 Å². The number of carbonyl (C=O) groups is 1. The first-order chi connectivity index (χ1) is 7.38. The molecule has 6 atom stereocenters. The molecule has 0 aromatic rings. The molecule has 4 rings (SSSR count). The second-order valence-corrected chi connectivity index (χ2v) is 6.38. The molecule has 0 radical (unpaired) electrons. The van der Waals surface area contributed by atoms with Crippen LogP contribution in [0.4, 0.5) is 4.79 Å². The first-order valence-electron chi connectivity index (χ1n) is 6.06. The molecule has 4 nitrogen and oxygen atoms in total. The maximum atomic E-state index is 11.6. The van der Waals surface area contributed by atoms with Gasteiger partial charge in [-0.15, -0.1) is 0 Å². The fourth-order valence-electron chi connectivity index (χ4n) is 3.76. The Morgan fingerprint density at radius 1 is 1.31 bits per heavy atom. The molecule has 1 amide bonds. The molecule has 90 valence electrons. The molecule has 4 saturated carbocycles. The standard InChI is InChI=1S/C12H19NO3/c1-12(2,3)16-11(15)13-9-6-4-5-7(9)8(5)10(6)14/h5-10,14H,4H2,1-3H3,(H,13,15)/t5-,6-,7-,8-,9+,10+/m0/s1. The lowest BCUT2D eigenvalue weighted by Crippen LogP contribution is -2.42. The zero-order chi connectivity index (χ0) is 11.7. The summed E-state index contributed by atoms with van der Waals surface area (Å²) >= 11 is 0. The maximum Gasteiger partial charge on any atom is 0.407 e. The van der Waals surface area contributed by atoms with Crippen LogP contribution in [0.2, 0.25) is 0 Å². The van der Waals surface area contributed by atoms with Crippen LogP contribution in [-0.4, -0.2) is 28.9 Å². The van der Waals surface area contributed by atoms with E-state index in [0.717, 1.165) is 6.42 Å². The van der Waals surface area contributed by atoms with Gasteiger partial charge in [-0.25, -0.2) is 4.79 Å². The Morgan fingerprint density at radius 3 is 2.38 bits per heavy atom. The highest BCUT2D eigenvalue weighted by Gasteiger charge is 2.73. The number of hydrogen-bond acceptors (Lipinski definition) is 3. The molecule has 0 saturated heterocycles. The first-order valence-corrected chi connectivity index (χ1v) is 6.06. The largest absolute Gasteiger partial charge is 0.444 e. The number of aliphatic hydroxyl groups excluding tert-OH is 1. The van der Waals surface area contributed by atoms with Crippen molar-refractivity contribution in [3.63, 3.8) is 0 Å². The predicted molar refractivity (Wildman–Crippen MR) is 57.7 cm³/mol. The van der Waals surface area contributed by atoms with E-state index in [2.05, 4.69) is 5.32 Å². The van der Waals surface area contributed by atoms with Gasteiger partial charge in [-0.05, 0) is 44.9 Å². The average Bonchev–Trinajstić information content (AvgIpc) is 2.43. The summed E-state index contributed by atoms with van der Waals surface area (Å²) in [6.07, 6.45) is 0.551. The second-order valence-electron chi connectivity index (χ2n) is 6.38. The lowest BCUT2D eigenvalue weighted by molar-refractivity contribution is 0.0476. The zero-order valence-electron chi connectivity index (χ0n) is 9.93. The van der Waals surface area contributed by atoms with Crippen molar-refractivity contribution in [2.45, 2.75) is 44.9 Å². The fraction of sp³-hybridized carbons (Fsp3) is 0.917. The molecule has 4 aliphatic carbocycles. The monoisotopic (exact) mass is 225 g/mol. The average molecular weight is 225 g/mol. The van der Waals surface area contributed by atoms with Crippen molar-refractivity contribution in [2.75, 3.05) is 0 Å². The van der Waals surface area contributed by atoms with Crippen molar-refractivity contribution >= 4 is 6.09 Å². The second kappa shape index (κ2) is 2.92. The Kier molecular flexibility index (Phi) is 1.89. The van der Waals surface area contributed by atoms with Gasteiger partial charge in [0.2, 0.25) is 0 Å². The molecule has 4 aliphatic rings. The summed E-state index contributed by atoms with van der Waals surface area (Å²) in [7, 11) is 0. The Bertz CT molecular complexity index is 336. The van der Waals surface area contributed by atoms with Crippen molar-refractivity contribution in [3.8, 4) is 0 Å². The van der Waals surface area contributed by atoms with Crippen molar-refractivity contribution in [2.24, 2.45) is 23.7 Å². The topological polar surface area (TPSA) is 58.6 Å². The van der Waals surface area contributed by atoms with Gasteiger partial charge in [0.15, 0.2) is 0 Å². The van der Waals surface area contributed by atoms with Crippen LogP contribution in [0.5, 0.6) is 0 Å². The minimum atomic E-state index is -0.451. The van der Waals surface area contributed by atoms with Gasteiger partial charge < -0.3 is 15.2 Å². The number of ether oxygens (including phenoxy) is 1. The van der Waals surface area contributed by atoms with Gasteiger partial charge in [-0.3, -0.25) is 0 Å². The maximum absolute atomic E-state index is 11.6. The highest BCUT2D eigenvalue weighted by Crippen LogP contribution is 2.70. The number of nitrogens with one attached hydrogen (secondary N) is 1. The number of amides is 1. The van der Waals surface area contributed by atoms with Crippen molar-refractivity contribution < 1.29 is 14.6 Å². The van der Waals surface area contributed by atoms with Crippen molar-refractivity contribution in [1.82, 2.24) is 5.32 Å². The molecule has 0 unspecified atom stereocenters. The molecule has 0 heterocycles. The summed E-state index contributed by atoms with van der Waals surface area (Å²) in [6.45, 7) is 5.57. The van der Waals surface area contributed by atoms with Gasteiger partial charge in [0.25, 0.3) is 0 Å². The van der Waals surface area contributed by atoms with Crippen LogP contribution < -0.4 is 5.32 Å². The molecule has 0 aliphatic heterocycles. The van der Waals surface area contributed by atoms with E-state index in [1.807, 2.05) is 20.8 Å². The molecular weight excluding hydrogens is 206 g/mol. The summed E-state index contributed by atoms with van der Waals surface area (Å²) < 4.78 is 5.24. The minimum absolute atomic E-state index is 0.153.